The molecular weight excluding hydrogens is 252 g/mol. The minimum Gasteiger partial charge on any atom is -0.338 e. The largest absolute Gasteiger partial charge is 0.338 e. The quantitative estimate of drug-likeness (QED) is 0.766. The first-order chi connectivity index (χ1) is 9.67. The molecule has 1 saturated heterocycles. The van der Waals surface area contributed by atoms with E-state index in [0.29, 0.717) is 0 Å². The number of nitrogens with zero attached hydrogens (tertiary/aromatic N) is 4. The van der Waals surface area contributed by atoms with Gasteiger partial charge in [0.1, 0.15) is 0 Å². The molecule has 0 aliphatic carbocycles. The van der Waals surface area contributed by atoms with E-state index in [9.17, 15) is 0 Å². The van der Waals surface area contributed by atoms with Crippen molar-refractivity contribution in [2.24, 2.45) is 5.92 Å². The Morgan fingerprint density at radius 3 is 2.50 bits per heavy atom. The van der Waals surface area contributed by atoms with E-state index < -0.39 is 0 Å². The van der Waals surface area contributed by atoms with Crippen LogP contribution < -0.4 is 0 Å². The highest BCUT2D eigenvalue weighted by atomic mass is 16.5. The second-order valence-electron chi connectivity index (χ2n) is 6.18. The van der Waals surface area contributed by atoms with E-state index in [1.54, 1.807) is 0 Å². The van der Waals surface area contributed by atoms with Crippen molar-refractivity contribution < 1.29 is 4.52 Å². The second kappa shape index (κ2) is 7.74. The Labute approximate surface area is 122 Å². The van der Waals surface area contributed by atoms with Gasteiger partial charge in [0.05, 0.1) is 6.54 Å². The fraction of sp³-hybridized carbons (Fsp3) is 0.867. The average molecular weight is 280 g/mol. The lowest BCUT2D eigenvalue weighted by atomic mass is 10.2. The Hall–Kier alpha value is -0.940. The fourth-order valence-corrected chi connectivity index (χ4v) is 2.63. The maximum atomic E-state index is 5.34. The number of hydrogen-bond donors (Lipinski definition) is 0. The third kappa shape index (κ3) is 4.87. The van der Waals surface area contributed by atoms with Crippen molar-refractivity contribution in [3.8, 4) is 0 Å². The first-order valence-electron chi connectivity index (χ1n) is 7.93. The summed E-state index contributed by atoms with van der Waals surface area (Å²) < 4.78 is 5.34. The van der Waals surface area contributed by atoms with Gasteiger partial charge in [-0.15, -0.1) is 0 Å². The van der Waals surface area contributed by atoms with Gasteiger partial charge in [-0.25, -0.2) is 0 Å². The van der Waals surface area contributed by atoms with Gasteiger partial charge in [-0.2, -0.15) is 4.98 Å². The summed E-state index contributed by atoms with van der Waals surface area (Å²) in [4.78, 5) is 9.43. The Kier molecular flexibility index (Phi) is 5.98. The molecule has 114 valence electrons. The van der Waals surface area contributed by atoms with Crippen LogP contribution in [0.15, 0.2) is 4.52 Å². The molecule has 0 aromatic carbocycles. The molecule has 20 heavy (non-hydrogen) atoms. The average Bonchev–Trinajstić information content (AvgIpc) is 2.86. The first kappa shape index (κ1) is 15.4. The molecule has 1 aliphatic heterocycles. The zero-order chi connectivity index (χ0) is 14.4. The molecule has 1 fully saturated rings. The Balaban J connectivity index is 1.73. The SMILES string of the molecule is CCCCc1noc(CN2CCN(CC(C)C)CC2)n1. The summed E-state index contributed by atoms with van der Waals surface area (Å²) in [7, 11) is 0. The predicted molar refractivity (Wildman–Crippen MR) is 79.5 cm³/mol. The lowest BCUT2D eigenvalue weighted by Gasteiger charge is -2.34. The van der Waals surface area contributed by atoms with Gasteiger partial charge < -0.3 is 9.42 Å². The lowest BCUT2D eigenvalue weighted by Crippen LogP contribution is -2.46. The molecular formula is C15H28N4O. The third-order valence-electron chi connectivity index (χ3n) is 3.71. The number of aromatic nitrogens is 2. The summed E-state index contributed by atoms with van der Waals surface area (Å²) in [6, 6.07) is 0. The molecule has 0 saturated carbocycles. The first-order valence-corrected chi connectivity index (χ1v) is 7.93. The van der Waals surface area contributed by atoms with Crippen molar-refractivity contribution in [3.63, 3.8) is 0 Å². The maximum absolute atomic E-state index is 5.34. The van der Waals surface area contributed by atoms with Crippen molar-refractivity contribution in [1.29, 1.82) is 0 Å². The smallest absolute Gasteiger partial charge is 0.240 e. The van der Waals surface area contributed by atoms with Gasteiger partial charge in [0.2, 0.25) is 5.89 Å². The van der Waals surface area contributed by atoms with E-state index in [0.717, 1.165) is 63.2 Å². The molecule has 5 nitrogen and oxygen atoms in total. The van der Waals surface area contributed by atoms with E-state index in [4.69, 9.17) is 4.52 Å². The summed E-state index contributed by atoms with van der Waals surface area (Å²) in [6.45, 7) is 13.2. The summed E-state index contributed by atoms with van der Waals surface area (Å²) in [5, 5.41) is 4.05. The summed E-state index contributed by atoms with van der Waals surface area (Å²) in [5.74, 6) is 2.38. The van der Waals surface area contributed by atoms with E-state index in [-0.39, 0.29) is 0 Å². The zero-order valence-corrected chi connectivity index (χ0v) is 13.1. The van der Waals surface area contributed by atoms with Gasteiger partial charge in [0.25, 0.3) is 0 Å². The molecule has 5 heteroatoms. The molecule has 1 aromatic rings. The van der Waals surface area contributed by atoms with Crippen LogP contribution >= 0.6 is 0 Å². The zero-order valence-electron chi connectivity index (χ0n) is 13.1. The maximum Gasteiger partial charge on any atom is 0.240 e. The van der Waals surface area contributed by atoms with Crippen LogP contribution in [0.2, 0.25) is 0 Å². The van der Waals surface area contributed by atoms with E-state index in [2.05, 4.69) is 40.7 Å². The molecule has 0 N–H and O–H groups in total. The number of rotatable bonds is 7. The summed E-state index contributed by atoms with van der Waals surface area (Å²) >= 11 is 0. The molecule has 2 rings (SSSR count). The van der Waals surface area contributed by atoms with Gasteiger partial charge in [-0.1, -0.05) is 32.3 Å². The van der Waals surface area contributed by atoms with Crippen LogP contribution in [0, 0.1) is 5.92 Å². The molecule has 2 heterocycles. The van der Waals surface area contributed by atoms with E-state index in [1.165, 1.54) is 13.0 Å². The van der Waals surface area contributed by atoms with E-state index >= 15 is 0 Å². The van der Waals surface area contributed by atoms with Crippen LogP contribution in [0.1, 0.15) is 45.3 Å². The van der Waals surface area contributed by atoms with Crippen LogP contribution in [0.25, 0.3) is 0 Å². The van der Waals surface area contributed by atoms with Crippen molar-refractivity contribution in [2.75, 3.05) is 32.7 Å². The van der Waals surface area contributed by atoms with Gasteiger partial charge in [-0.05, 0) is 12.3 Å². The van der Waals surface area contributed by atoms with E-state index in [1.807, 2.05) is 0 Å². The molecule has 0 unspecified atom stereocenters. The summed E-state index contributed by atoms with van der Waals surface area (Å²) in [6.07, 6.45) is 3.23. The number of aryl methyl sites for hydroxylation is 1. The van der Waals surface area contributed by atoms with Crippen LogP contribution in [-0.2, 0) is 13.0 Å². The Bertz CT molecular complexity index is 383. The van der Waals surface area contributed by atoms with Crippen molar-refractivity contribution in [3.05, 3.63) is 11.7 Å². The molecule has 0 amide bonds. The highest BCUT2D eigenvalue weighted by Gasteiger charge is 2.19. The number of piperazine rings is 1. The number of hydrogen-bond acceptors (Lipinski definition) is 5. The van der Waals surface area contributed by atoms with Crippen LogP contribution in [0.5, 0.6) is 0 Å². The molecule has 1 aromatic heterocycles. The molecule has 0 radical (unpaired) electrons. The molecule has 1 aliphatic rings. The van der Waals surface area contributed by atoms with Crippen LogP contribution in [0.4, 0.5) is 0 Å². The molecule has 0 bridgehead atoms. The highest BCUT2D eigenvalue weighted by Crippen LogP contribution is 2.09. The minimum absolute atomic E-state index is 0.749. The standard InChI is InChI=1S/C15H28N4O/c1-4-5-6-14-16-15(20-17-14)12-19-9-7-18(8-10-19)11-13(2)3/h13H,4-12H2,1-3H3. The van der Waals surface area contributed by atoms with Crippen molar-refractivity contribution in [1.82, 2.24) is 19.9 Å². The van der Waals surface area contributed by atoms with Crippen LogP contribution in [0.3, 0.4) is 0 Å². The fourth-order valence-electron chi connectivity index (χ4n) is 2.63. The third-order valence-corrected chi connectivity index (χ3v) is 3.71. The molecule has 0 spiro atoms. The normalized spacial score (nSPS) is 18.0. The predicted octanol–water partition coefficient (Wildman–Crippen LogP) is 2.19. The Morgan fingerprint density at radius 2 is 1.85 bits per heavy atom. The minimum atomic E-state index is 0.749. The van der Waals surface area contributed by atoms with Gasteiger partial charge >= 0.3 is 0 Å². The van der Waals surface area contributed by atoms with Gasteiger partial charge in [0.15, 0.2) is 5.82 Å². The molecule has 0 atom stereocenters. The number of unbranched alkanes of at least 4 members (excludes halogenated alkanes) is 1. The monoisotopic (exact) mass is 280 g/mol. The Morgan fingerprint density at radius 1 is 1.15 bits per heavy atom. The topological polar surface area (TPSA) is 45.4 Å². The van der Waals surface area contributed by atoms with Crippen LogP contribution in [-0.4, -0.2) is 52.7 Å². The van der Waals surface area contributed by atoms with Crippen molar-refractivity contribution in [2.45, 2.75) is 46.6 Å². The summed E-state index contributed by atoms with van der Waals surface area (Å²) in [5.41, 5.74) is 0. The highest BCUT2D eigenvalue weighted by molar-refractivity contribution is 4.87. The lowest BCUT2D eigenvalue weighted by molar-refractivity contribution is 0.108. The second-order valence-corrected chi connectivity index (χ2v) is 6.18. The van der Waals surface area contributed by atoms with Crippen molar-refractivity contribution >= 4 is 0 Å². The van der Waals surface area contributed by atoms with Gasteiger partial charge in [-0.3, -0.25) is 4.90 Å². The van der Waals surface area contributed by atoms with Gasteiger partial charge in [0, 0.05) is 39.1 Å².